The van der Waals surface area contributed by atoms with E-state index in [1.807, 2.05) is 42.5 Å². The Hall–Kier alpha value is -2.05. The largest absolute Gasteiger partial charge is 0.355 e. The van der Waals surface area contributed by atoms with Gasteiger partial charge < -0.3 is 10.2 Å². The number of carbonyl (C=O) groups is 2. The number of halogens is 2. The summed E-state index contributed by atoms with van der Waals surface area (Å²) in [7, 11) is 0. The third-order valence-electron chi connectivity index (χ3n) is 5.28. The van der Waals surface area contributed by atoms with Gasteiger partial charge >= 0.3 is 0 Å². The molecular weight excluding hydrogens is 435 g/mol. The maximum absolute atomic E-state index is 12.9. The normalized spacial score (nSPS) is 18.0. The number of benzene rings is 2. The zero-order valence-corrected chi connectivity index (χ0v) is 19.0. The molecule has 2 amide bonds. The zero-order valence-electron chi connectivity index (χ0n) is 17.4. The fourth-order valence-electron chi connectivity index (χ4n) is 3.48. The highest BCUT2D eigenvalue weighted by molar-refractivity contribution is 7.99. The highest BCUT2D eigenvalue weighted by Gasteiger charge is 2.47. The van der Waals surface area contributed by atoms with Crippen molar-refractivity contribution in [3.63, 3.8) is 0 Å². The fourth-order valence-corrected chi connectivity index (χ4v) is 5.16. The smallest absolute Gasteiger partial charge is 0.245 e. The number of carbonyl (C=O) groups excluding carboxylic acids is 2. The second-order valence-corrected chi connectivity index (χ2v) is 9.27. The summed E-state index contributed by atoms with van der Waals surface area (Å²) < 4.78 is 12.9. The molecule has 3 rings (SSSR count). The van der Waals surface area contributed by atoms with E-state index in [0.717, 1.165) is 43.4 Å². The number of amides is 2. The van der Waals surface area contributed by atoms with Crippen LogP contribution in [0.4, 0.5) is 4.39 Å². The Labute approximate surface area is 192 Å². The summed E-state index contributed by atoms with van der Waals surface area (Å²) in [4.78, 5) is 25.9. The molecule has 166 valence electrons. The predicted molar refractivity (Wildman–Crippen MR) is 124 cm³/mol. The van der Waals surface area contributed by atoms with Crippen molar-refractivity contribution in [1.82, 2.24) is 10.2 Å². The molecule has 31 heavy (non-hydrogen) atoms. The van der Waals surface area contributed by atoms with E-state index in [-0.39, 0.29) is 29.6 Å². The molecule has 1 fully saturated rings. The van der Waals surface area contributed by atoms with Crippen LogP contribution in [0.15, 0.2) is 54.6 Å². The van der Waals surface area contributed by atoms with Gasteiger partial charge in [0.1, 0.15) is 23.1 Å². The minimum Gasteiger partial charge on any atom is -0.355 e. The monoisotopic (exact) mass is 462 g/mol. The van der Waals surface area contributed by atoms with Crippen molar-refractivity contribution in [1.29, 1.82) is 0 Å². The van der Waals surface area contributed by atoms with Crippen molar-refractivity contribution in [3.8, 4) is 0 Å². The van der Waals surface area contributed by atoms with E-state index in [2.05, 4.69) is 5.32 Å². The molecule has 0 unspecified atom stereocenters. The average molecular weight is 463 g/mol. The minimum atomic E-state index is -0.567. The Balaban J connectivity index is 1.27. The van der Waals surface area contributed by atoms with Crippen LogP contribution < -0.4 is 5.32 Å². The molecule has 0 aromatic heterocycles. The fraction of sp³-hybridized carbons (Fsp3) is 0.417. The number of hydrogen-bond donors (Lipinski definition) is 1. The number of rotatable bonds is 12. The highest BCUT2D eigenvalue weighted by atomic mass is 35.5. The molecule has 4 nitrogen and oxygen atoms in total. The molecule has 2 aromatic rings. The van der Waals surface area contributed by atoms with E-state index in [4.69, 9.17) is 11.6 Å². The van der Waals surface area contributed by atoms with Crippen molar-refractivity contribution < 1.29 is 14.0 Å². The molecule has 0 spiro atoms. The summed E-state index contributed by atoms with van der Waals surface area (Å²) in [6.07, 6.45) is 4.95. The van der Waals surface area contributed by atoms with E-state index < -0.39 is 5.38 Å². The lowest BCUT2D eigenvalue weighted by Gasteiger charge is -2.43. The standard InChI is InChI=1S/C24H28ClFN2O2S/c25-22-23(30)28(24(22)31-17-19-9-5-3-6-10-19)16-21(29)27-15-7-2-1-4-8-18-11-13-20(26)14-12-18/h3,5-6,9-14,22,24H,1-2,4,7-8,15-17H2,(H,27,29)/t22-,24+/m0/s1. The number of hydrogen-bond acceptors (Lipinski definition) is 3. The van der Waals surface area contributed by atoms with Crippen molar-refractivity contribution >= 4 is 35.2 Å². The Bertz CT molecular complexity index is 850. The van der Waals surface area contributed by atoms with Gasteiger partial charge in [-0.2, -0.15) is 0 Å². The van der Waals surface area contributed by atoms with Gasteiger partial charge in [0, 0.05) is 12.3 Å². The first-order chi connectivity index (χ1) is 15.0. The SMILES string of the molecule is O=C(CN1C(=O)[C@H](Cl)[C@H]1SCc1ccccc1)NCCCCCCc1ccc(F)cc1. The molecule has 1 aliphatic rings. The number of β-lactam (4-membered cyclic amide) rings is 1. The van der Waals surface area contributed by atoms with E-state index in [0.29, 0.717) is 6.54 Å². The van der Waals surface area contributed by atoms with Crippen molar-refractivity contribution in [2.45, 2.75) is 48.6 Å². The number of aryl methyl sites for hydroxylation is 1. The van der Waals surface area contributed by atoms with Crippen LogP contribution in [0.3, 0.4) is 0 Å². The quantitative estimate of drug-likeness (QED) is 0.281. The third kappa shape index (κ3) is 7.25. The lowest BCUT2D eigenvalue weighted by atomic mass is 10.1. The molecule has 1 aliphatic heterocycles. The number of nitrogens with zero attached hydrogens (tertiary/aromatic N) is 1. The highest BCUT2D eigenvalue weighted by Crippen LogP contribution is 2.35. The molecular formula is C24H28ClFN2O2S. The van der Waals surface area contributed by atoms with Gasteiger partial charge in [-0.3, -0.25) is 9.59 Å². The number of likely N-dealkylation sites (tertiary alicyclic amines) is 1. The number of alkyl halides is 1. The lowest BCUT2D eigenvalue weighted by molar-refractivity contribution is -0.144. The maximum atomic E-state index is 12.9. The first kappa shape index (κ1) is 23.6. The Morgan fingerprint density at radius 2 is 1.71 bits per heavy atom. The summed E-state index contributed by atoms with van der Waals surface area (Å²) in [5.41, 5.74) is 2.31. The van der Waals surface area contributed by atoms with Gasteiger partial charge in [-0.1, -0.05) is 55.3 Å². The van der Waals surface area contributed by atoms with Gasteiger partial charge in [-0.05, 0) is 42.5 Å². The van der Waals surface area contributed by atoms with Crippen LogP contribution in [0, 0.1) is 5.82 Å². The Morgan fingerprint density at radius 1 is 1.00 bits per heavy atom. The van der Waals surface area contributed by atoms with Gasteiger partial charge in [0.15, 0.2) is 0 Å². The van der Waals surface area contributed by atoms with Crippen LogP contribution in [0.1, 0.15) is 36.8 Å². The first-order valence-electron chi connectivity index (χ1n) is 10.7. The van der Waals surface area contributed by atoms with Crippen molar-refractivity contribution in [2.75, 3.05) is 13.1 Å². The molecule has 0 bridgehead atoms. The summed E-state index contributed by atoms with van der Waals surface area (Å²) in [6.45, 7) is 0.655. The van der Waals surface area contributed by atoms with Gasteiger partial charge in [-0.25, -0.2) is 4.39 Å². The average Bonchev–Trinajstić information content (AvgIpc) is 2.79. The Morgan fingerprint density at radius 3 is 2.45 bits per heavy atom. The predicted octanol–water partition coefficient (Wildman–Crippen LogP) is 4.75. The van der Waals surface area contributed by atoms with Crippen LogP contribution in [-0.4, -0.2) is 40.6 Å². The summed E-state index contributed by atoms with van der Waals surface area (Å²) in [5.74, 6) is 0.219. The molecule has 1 saturated heterocycles. The van der Waals surface area contributed by atoms with E-state index in [9.17, 15) is 14.0 Å². The van der Waals surface area contributed by atoms with E-state index in [1.54, 1.807) is 16.7 Å². The van der Waals surface area contributed by atoms with Gasteiger partial charge in [-0.15, -0.1) is 23.4 Å². The van der Waals surface area contributed by atoms with E-state index in [1.165, 1.54) is 17.7 Å². The summed E-state index contributed by atoms with van der Waals surface area (Å²) in [5, 5.41) is 2.16. The van der Waals surface area contributed by atoms with Gasteiger partial charge in [0.2, 0.25) is 11.8 Å². The molecule has 0 saturated carbocycles. The second kappa shape index (κ2) is 12.1. The zero-order chi connectivity index (χ0) is 22.1. The van der Waals surface area contributed by atoms with Gasteiger partial charge in [0.05, 0.1) is 0 Å². The van der Waals surface area contributed by atoms with Crippen LogP contribution in [0.25, 0.3) is 0 Å². The minimum absolute atomic E-state index is 0.0546. The molecule has 1 N–H and O–H groups in total. The van der Waals surface area contributed by atoms with Crippen molar-refractivity contribution in [2.24, 2.45) is 0 Å². The van der Waals surface area contributed by atoms with Crippen LogP contribution in [0.2, 0.25) is 0 Å². The van der Waals surface area contributed by atoms with Crippen LogP contribution in [-0.2, 0) is 21.8 Å². The summed E-state index contributed by atoms with van der Waals surface area (Å²) in [6, 6.07) is 16.6. The number of thioether (sulfide) groups is 1. The first-order valence-corrected chi connectivity index (χ1v) is 12.1. The topological polar surface area (TPSA) is 49.4 Å². The Kier molecular flexibility index (Phi) is 9.22. The summed E-state index contributed by atoms with van der Waals surface area (Å²) >= 11 is 7.76. The molecule has 0 aliphatic carbocycles. The number of unbranched alkanes of at least 4 members (excludes halogenated alkanes) is 3. The molecule has 1 heterocycles. The molecule has 0 radical (unpaired) electrons. The molecule has 2 aromatic carbocycles. The number of nitrogens with one attached hydrogen (secondary N) is 1. The van der Waals surface area contributed by atoms with Crippen LogP contribution >= 0.6 is 23.4 Å². The maximum Gasteiger partial charge on any atom is 0.245 e. The molecule has 2 atom stereocenters. The lowest BCUT2D eigenvalue weighted by Crippen LogP contribution is -2.62. The molecule has 7 heteroatoms. The second-order valence-electron chi connectivity index (χ2n) is 7.70. The van der Waals surface area contributed by atoms with E-state index >= 15 is 0 Å². The van der Waals surface area contributed by atoms with Crippen molar-refractivity contribution in [3.05, 3.63) is 71.5 Å². The van der Waals surface area contributed by atoms with Gasteiger partial charge in [0.25, 0.3) is 0 Å². The third-order valence-corrected chi connectivity index (χ3v) is 7.22. The van der Waals surface area contributed by atoms with Crippen LogP contribution in [0.5, 0.6) is 0 Å².